The normalized spacial score (nSPS) is 13.6. The van der Waals surface area contributed by atoms with E-state index >= 15 is 0 Å². The molecule has 0 aromatic rings. The highest BCUT2D eigenvalue weighted by atomic mass is 31.2. The maximum atomic E-state index is 12.0. The van der Waals surface area contributed by atoms with Crippen LogP contribution in [0.25, 0.3) is 0 Å². The first-order valence-electron chi connectivity index (χ1n) is 10.6. The van der Waals surface area contributed by atoms with Crippen LogP contribution >= 0.6 is 7.60 Å². The summed E-state index contributed by atoms with van der Waals surface area (Å²) in [4.78, 5) is 30.4. The summed E-state index contributed by atoms with van der Waals surface area (Å²) in [6.07, 6.45) is 12.6. The van der Waals surface area contributed by atoms with Crippen molar-refractivity contribution in [2.24, 2.45) is 0 Å². The fourth-order valence-electron chi connectivity index (χ4n) is 3.19. The molecular formula is C20H43NO5P+. The van der Waals surface area contributed by atoms with Gasteiger partial charge in [0.05, 0.1) is 27.3 Å². The van der Waals surface area contributed by atoms with E-state index in [9.17, 15) is 19.1 Å². The zero-order valence-electron chi connectivity index (χ0n) is 18.0. The van der Waals surface area contributed by atoms with Gasteiger partial charge in [-0.25, -0.2) is 0 Å². The Hall–Kier alpha value is -0.420. The molecule has 0 bridgehead atoms. The second kappa shape index (κ2) is 14.6. The number of carbonyl (C=O) groups excluding carboxylic acids is 1. The van der Waals surface area contributed by atoms with Gasteiger partial charge in [0.1, 0.15) is 6.54 Å². The average molecular weight is 409 g/mol. The average Bonchev–Trinajstić information content (AvgIpc) is 2.49. The number of unbranched alkanes of at least 4 members (excludes halogenated alkanes) is 10. The van der Waals surface area contributed by atoms with Crippen LogP contribution in [0.3, 0.4) is 0 Å². The van der Waals surface area contributed by atoms with Gasteiger partial charge in [-0.2, -0.15) is 0 Å². The molecule has 27 heavy (non-hydrogen) atoms. The van der Waals surface area contributed by atoms with Gasteiger partial charge >= 0.3 is 13.6 Å². The van der Waals surface area contributed by atoms with Crippen LogP contribution < -0.4 is 0 Å². The summed E-state index contributed by atoms with van der Waals surface area (Å²) in [5.74, 6) is -0.349. The molecule has 0 amide bonds. The number of rotatable bonds is 17. The van der Waals surface area contributed by atoms with E-state index in [0.717, 1.165) is 19.3 Å². The van der Waals surface area contributed by atoms with Crippen LogP contribution in [0.2, 0.25) is 0 Å². The van der Waals surface area contributed by atoms with E-state index in [-0.39, 0.29) is 5.97 Å². The summed E-state index contributed by atoms with van der Waals surface area (Å²) in [5.41, 5.74) is 0. The molecule has 1 atom stereocenters. The lowest BCUT2D eigenvalue weighted by Gasteiger charge is -2.29. The standard InChI is InChI=1S/C20H42NO5P/c1-5-6-7-8-9-10-11-12-13-14-15-16-20(22)26-19(17-21(2,3)4)18-27(23,24)25/h19H,5-18H2,1-4H3,(H-,23,24,25)/p+1/t19-/m1/s1. The minimum Gasteiger partial charge on any atom is -0.456 e. The summed E-state index contributed by atoms with van der Waals surface area (Å²) in [5, 5.41) is 0. The smallest absolute Gasteiger partial charge is 0.329 e. The van der Waals surface area contributed by atoms with Gasteiger partial charge in [-0.1, -0.05) is 71.1 Å². The summed E-state index contributed by atoms with van der Waals surface area (Å²) in [6, 6.07) is 0. The summed E-state index contributed by atoms with van der Waals surface area (Å²) >= 11 is 0. The topological polar surface area (TPSA) is 83.8 Å². The first kappa shape index (κ1) is 26.6. The van der Waals surface area contributed by atoms with Gasteiger partial charge in [-0.05, 0) is 6.42 Å². The molecule has 0 aliphatic heterocycles. The molecule has 6 nitrogen and oxygen atoms in total. The quantitative estimate of drug-likeness (QED) is 0.160. The number of nitrogens with zero attached hydrogens (tertiary/aromatic N) is 1. The Morgan fingerprint density at radius 3 is 1.74 bits per heavy atom. The van der Waals surface area contributed by atoms with Gasteiger partial charge in [-0.15, -0.1) is 0 Å². The molecule has 0 saturated heterocycles. The molecule has 0 saturated carbocycles. The number of ether oxygens (including phenoxy) is 1. The minimum absolute atomic E-state index is 0.325. The molecule has 162 valence electrons. The third kappa shape index (κ3) is 20.1. The van der Waals surface area contributed by atoms with Crippen molar-refractivity contribution in [3.8, 4) is 0 Å². The van der Waals surface area contributed by atoms with Crippen molar-refractivity contribution in [2.45, 2.75) is 90.1 Å². The summed E-state index contributed by atoms with van der Waals surface area (Å²) in [7, 11) is 1.51. The number of quaternary nitrogens is 1. The predicted molar refractivity (Wildman–Crippen MR) is 111 cm³/mol. The fraction of sp³-hybridized carbons (Fsp3) is 0.950. The van der Waals surface area contributed by atoms with E-state index in [1.165, 1.54) is 51.4 Å². The Bertz CT molecular complexity index is 431. The monoisotopic (exact) mass is 408 g/mol. The van der Waals surface area contributed by atoms with Crippen molar-refractivity contribution in [1.29, 1.82) is 0 Å². The largest absolute Gasteiger partial charge is 0.456 e. The molecule has 0 aliphatic carbocycles. The second-order valence-electron chi connectivity index (χ2n) is 8.72. The van der Waals surface area contributed by atoms with Gasteiger partial charge in [0.25, 0.3) is 0 Å². The third-order valence-corrected chi connectivity index (χ3v) is 5.36. The maximum absolute atomic E-state index is 12.0. The number of hydrogen-bond acceptors (Lipinski definition) is 3. The van der Waals surface area contributed by atoms with Crippen LogP contribution in [0.15, 0.2) is 0 Å². The van der Waals surface area contributed by atoms with Crippen molar-refractivity contribution in [2.75, 3.05) is 33.8 Å². The van der Waals surface area contributed by atoms with E-state index in [2.05, 4.69) is 6.92 Å². The van der Waals surface area contributed by atoms with E-state index in [0.29, 0.717) is 17.4 Å². The van der Waals surface area contributed by atoms with Gasteiger partial charge in [-0.3, -0.25) is 9.36 Å². The van der Waals surface area contributed by atoms with Crippen LogP contribution in [0.1, 0.15) is 84.0 Å². The number of esters is 1. The predicted octanol–water partition coefficient (Wildman–Crippen LogP) is 4.48. The Morgan fingerprint density at radius 2 is 1.33 bits per heavy atom. The van der Waals surface area contributed by atoms with Crippen molar-refractivity contribution in [1.82, 2.24) is 0 Å². The van der Waals surface area contributed by atoms with Gasteiger partial charge in [0.2, 0.25) is 0 Å². The number of carbonyl (C=O) groups is 1. The highest BCUT2D eigenvalue weighted by molar-refractivity contribution is 7.51. The SMILES string of the molecule is CCCCCCCCCCCCCC(=O)O[C@H](C[N+](C)(C)C)CP(=O)(O)O. The minimum atomic E-state index is -4.21. The van der Waals surface area contributed by atoms with Crippen molar-refractivity contribution in [3.05, 3.63) is 0 Å². The fourth-order valence-corrected chi connectivity index (χ4v) is 3.91. The zero-order chi connectivity index (χ0) is 20.8. The highest BCUT2D eigenvalue weighted by Crippen LogP contribution is 2.36. The molecule has 0 fully saturated rings. The lowest BCUT2D eigenvalue weighted by Crippen LogP contribution is -2.44. The Kier molecular flexibility index (Phi) is 14.3. The van der Waals surface area contributed by atoms with Crippen LogP contribution in [0.5, 0.6) is 0 Å². The van der Waals surface area contributed by atoms with Crippen molar-refractivity contribution in [3.63, 3.8) is 0 Å². The summed E-state index contributed by atoms with van der Waals surface area (Å²) < 4.78 is 17.1. The Labute approximate surface area is 166 Å². The first-order chi connectivity index (χ1) is 12.5. The molecule has 0 aromatic carbocycles. The van der Waals surface area contributed by atoms with Crippen molar-refractivity contribution < 1.29 is 28.4 Å². The first-order valence-corrected chi connectivity index (χ1v) is 12.4. The molecular weight excluding hydrogens is 365 g/mol. The molecule has 0 unspecified atom stereocenters. The zero-order valence-corrected chi connectivity index (χ0v) is 18.9. The van der Waals surface area contributed by atoms with Gasteiger partial charge in [0.15, 0.2) is 6.10 Å². The molecule has 2 N–H and O–H groups in total. The van der Waals surface area contributed by atoms with Gasteiger partial charge < -0.3 is 19.0 Å². The lowest BCUT2D eigenvalue weighted by atomic mass is 10.1. The highest BCUT2D eigenvalue weighted by Gasteiger charge is 2.29. The molecule has 0 spiro atoms. The van der Waals surface area contributed by atoms with Crippen molar-refractivity contribution >= 4 is 13.6 Å². The Morgan fingerprint density at radius 1 is 0.889 bits per heavy atom. The maximum Gasteiger partial charge on any atom is 0.329 e. The summed E-state index contributed by atoms with van der Waals surface area (Å²) in [6.45, 7) is 2.62. The van der Waals surface area contributed by atoms with Crippen LogP contribution in [0, 0.1) is 0 Å². The van der Waals surface area contributed by atoms with Crippen LogP contribution in [-0.4, -0.2) is 60.2 Å². The van der Waals surface area contributed by atoms with Crippen LogP contribution in [0.4, 0.5) is 0 Å². The van der Waals surface area contributed by atoms with E-state index in [1.54, 1.807) is 0 Å². The molecule has 7 heteroatoms. The third-order valence-electron chi connectivity index (χ3n) is 4.48. The second-order valence-corrected chi connectivity index (χ2v) is 10.4. The van der Waals surface area contributed by atoms with Crippen LogP contribution in [-0.2, 0) is 14.1 Å². The molecule has 0 rings (SSSR count). The van der Waals surface area contributed by atoms with E-state index < -0.39 is 19.9 Å². The van der Waals surface area contributed by atoms with E-state index in [4.69, 9.17) is 4.74 Å². The molecule has 0 aromatic heterocycles. The Balaban J connectivity index is 3.84. The molecule has 0 radical (unpaired) electrons. The number of likely N-dealkylation sites (N-methyl/N-ethyl adjacent to an activating group) is 1. The molecule has 0 heterocycles. The lowest BCUT2D eigenvalue weighted by molar-refractivity contribution is -0.873. The molecule has 0 aliphatic rings. The van der Waals surface area contributed by atoms with E-state index in [1.807, 2.05) is 21.1 Å². The number of hydrogen-bond donors (Lipinski definition) is 2. The van der Waals surface area contributed by atoms with Gasteiger partial charge in [0, 0.05) is 6.42 Å².